The Bertz CT molecular complexity index is 595. The molecule has 1 aromatic carbocycles. The molecule has 0 unspecified atom stereocenters. The van der Waals surface area contributed by atoms with Gasteiger partial charge in [-0.1, -0.05) is 30.1 Å². The minimum Gasteiger partial charge on any atom is -0.337 e. The first-order chi connectivity index (χ1) is 8.04. The molecule has 0 aliphatic carbocycles. The van der Waals surface area contributed by atoms with Gasteiger partial charge in [0.05, 0.1) is 15.7 Å². The van der Waals surface area contributed by atoms with Gasteiger partial charge in [-0.2, -0.15) is 0 Å². The molecule has 6 heteroatoms. The zero-order valence-electron chi connectivity index (χ0n) is 8.93. The van der Waals surface area contributed by atoms with Crippen molar-refractivity contribution in [1.82, 2.24) is 9.55 Å². The van der Waals surface area contributed by atoms with Gasteiger partial charge in [-0.15, -0.1) is 0 Å². The Labute approximate surface area is 113 Å². The lowest BCUT2D eigenvalue weighted by Gasteiger charge is -2.08. The first kappa shape index (κ1) is 12.6. The number of H-pyrrole nitrogens is 1. The van der Waals surface area contributed by atoms with Crippen molar-refractivity contribution in [2.75, 3.05) is 0 Å². The maximum Gasteiger partial charge on any atom is 0.182 e. The zero-order valence-corrected chi connectivity index (χ0v) is 11.3. The Morgan fingerprint density at radius 3 is 2.47 bits per heavy atom. The minimum absolute atomic E-state index is 0.0161. The fraction of sp³-hybridized carbons (Fsp3) is 0.182. The number of benzene rings is 1. The van der Waals surface area contributed by atoms with Crippen LogP contribution in [0.4, 0.5) is 4.39 Å². The lowest BCUT2D eigenvalue weighted by Crippen LogP contribution is -2.00. The maximum atomic E-state index is 13.3. The van der Waals surface area contributed by atoms with E-state index in [1.807, 2.05) is 13.1 Å². The summed E-state index contributed by atoms with van der Waals surface area (Å²) in [5.74, 6) is -0.614. The normalized spacial score (nSPS) is 10.8. The summed E-state index contributed by atoms with van der Waals surface area (Å²) in [4.78, 5) is 2.94. The van der Waals surface area contributed by atoms with Crippen LogP contribution in [0.3, 0.4) is 0 Å². The number of aryl methyl sites for hydroxylation is 1. The Hall–Kier alpha value is -0.840. The van der Waals surface area contributed by atoms with E-state index in [-0.39, 0.29) is 10.0 Å². The molecule has 2 nitrogen and oxygen atoms in total. The largest absolute Gasteiger partial charge is 0.337 e. The van der Waals surface area contributed by atoms with Gasteiger partial charge in [0.1, 0.15) is 0 Å². The van der Waals surface area contributed by atoms with Gasteiger partial charge in [0.15, 0.2) is 10.6 Å². The molecule has 0 saturated heterocycles. The van der Waals surface area contributed by atoms with Crippen molar-refractivity contribution in [3.8, 4) is 5.69 Å². The number of nitrogens with zero attached hydrogens (tertiary/aromatic N) is 1. The van der Waals surface area contributed by atoms with E-state index in [9.17, 15) is 4.39 Å². The highest BCUT2D eigenvalue weighted by molar-refractivity contribution is 7.71. The van der Waals surface area contributed by atoms with E-state index in [0.29, 0.717) is 10.5 Å². The first-order valence-electron chi connectivity index (χ1n) is 4.98. The topological polar surface area (TPSA) is 20.7 Å². The summed E-state index contributed by atoms with van der Waals surface area (Å²) >= 11 is 16.7. The Balaban J connectivity index is 2.69. The summed E-state index contributed by atoms with van der Waals surface area (Å²) in [5.41, 5.74) is 1.64. The monoisotopic (exact) mass is 290 g/mol. The fourth-order valence-corrected chi connectivity index (χ4v) is 2.38. The van der Waals surface area contributed by atoms with Crippen LogP contribution < -0.4 is 0 Å². The average Bonchev–Trinajstić information content (AvgIpc) is 2.66. The van der Waals surface area contributed by atoms with Crippen molar-refractivity contribution in [2.45, 2.75) is 13.3 Å². The summed E-state index contributed by atoms with van der Waals surface area (Å²) < 4.78 is 15.6. The van der Waals surface area contributed by atoms with Crippen molar-refractivity contribution in [3.63, 3.8) is 0 Å². The van der Waals surface area contributed by atoms with Crippen LogP contribution in [0.2, 0.25) is 10.0 Å². The molecule has 90 valence electrons. The molecule has 0 saturated carbocycles. The van der Waals surface area contributed by atoms with Gasteiger partial charge >= 0.3 is 0 Å². The predicted molar refractivity (Wildman–Crippen MR) is 70.3 cm³/mol. The number of aromatic amines is 1. The van der Waals surface area contributed by atoms with E-state index in [1.165, 1.54) is 12.1 Å². The first-order valence-corrected chi connectivity index (χ1v) is 6.15. The molecule has 0 atom stereocenters. The van der Waals surface area contributed by atoms with Crippen molar-refractivity contribution >= 4 is 35.4 Å². The van der Waals surface area contributed by atoms with Crippen LogP contribution in [0.25, 0.3) is 5.69 Å². The van der Waals surface area contributed by atoms with Gasteiger partial charge in [0.2, 0.25) is 0 Å². The molecule has 1 N–H and O–H groups in total. The highest BCUT2D eigenvalue weighted by Gasteiger charge is 2.11. The van der Waals surface area contributed by atoms with Crippen LogP contribution in [0.1, 0.15) is 12.6 Å². The second-order valence-corrected chi connectivity index (χ2v) is 4.70. The molecule has 2 aromatic rings. The standard InChI is InChI=1S/C11H9Cl2FN2S/c1-2-6-5-15-11(17)16(6)7-3-8(12)10(14)9(13)4-7/h3-5H,2H2,1H3,(H,15,17). The highest BCUT2D eigenvalue weighted by Crippen LogP contribution is 2.27. The van der Waals surface area contributed by atoms with E-state index in [4.69, 9.17) is 35.4 Å². The van der Waals surface area contributed by atoms with Gasteiger partial charge in [0, 0.05) is 11.9 Å². The van der Waals surface area contributed by atoms with Crippen molar-refractivity contribution < 1.29 is 4.39 Å². The highest BCUT2D eigenvalue weighted by atomic mass is 35.5. The quantitative estimate of drug-likeness (QED) is 0.636. The number of halogens is 3. The Morgan fingerprint density at radius 1 is 1.35 bits per heavy atom. The van der Waals surface area contributed by atoms with Crippen LogP contribution in [-0.4, -0.2) is 9.55 Å². The SMILES string of the molecule is CCc1c[nH]c(=S)n1-c1cc(Cl)c(F)c(Cl)c1. The average molecular weight is 291 g/mol. The molecule has 0 radical (unpaired) electrons. The van der Waals surface area contributed by atoms with Gasteiger partial charge in [-0.05, 0) is 30.8 Å². The lowest BCUT2D eigenvalue weighted by atomic mass is 10.3. The number of hydrogen-bond acceptors (Lipinski definition) is 1. The molecule has 0 aliphatic heterocycles. The molecular weight excluding hydrogens is 282 g/mol. The molecule has 1 heterocycles. The van der Waals surface area contributed by atoms with Crippen molar-refractivity contribution in [2.24, 2.45) is 0 Å². The third-order valence-corrected chi connectivity index (χ3v) is 3.29. The zero-order chi connectivity index (χ0) is 12.6. The number of hydrogen-bond donors (Lipinski definition) is 1. The number of nitrogens with one attached hydrogen (secondary N) is 1. The summed E-state index contributed by atoms with van der Waals surface area (Å²) in [6.07, 6.45) is 2.60. The van der Waals surface area contributed by atoms with E-state index in [1.54, 1.807) is 4.57 Å². The molecule has 17 heavy (non-hydrogen) atoms. The fourth-order valence-electron chi connectivity index (χ4n) is 1.62. The Kier molecular flexibility index (Phi) is 3.56. The van der Waals surface area contributed by atoms with Gasteiger partial charge < -0.3 is 4.98 Å². The smallest absolute Gasteiger partial charge is 0.182 e. The van der Waals surface area contributed by atoms with E-state index in [0.717, 1.165) is 12.1 Å². The molecular formula is C11H9Cl2FN2S. The summed E-state index contributed by atoms with van der Waals surface area (Å²) in [6, 6.07) is 3.01. The molecule has 0 amide bonds. The van der Waals surface area contributed by atoms with Gasteiger partial charge in [-0.25, -0.2) is 4.39 Å². The summed E-state index contributed by atoms with van der Waals surface area (Å²) in [7, 11) is 0. The molecule has 0 bridgehead atoms. The molecule has 2 rings (SSSR count). The van der Waals surface area contributed by atoms with Crippen LogP contribution in [-0.2, 0) is 6.42 Å². The van der Waals surface area contributed by atoms with Crippen molar-refractivity contribution in [1.29, 1.82) is 0 Å². The maximum absolute atomic E-state index is 13.3. The van der Waals surface area contributed by atoms with E-state index >= 15 is 0 Å². The van der Waals surface area contributed by atoms with Gasteiger partial charge in [0.25, 0.3) is 0 Å². The second kappa shape index (κ2) is 4.80. The predicted octanol–water partition coefficient (Wildman–Crippen LogP) is 4.54. The van der Waals surface area contributed by atoms with Crippen LogP contribution in [0.5, 0.6) is 0 Å². The molecule has 1 aromatic heterocycles. The third kappa shape index (κ3) is 2.25. The van der Waals surface area contributed by atoms with E-state index < -0.39 is 5.82 Å². The second-order valence-electron chi connectivity index (χ2n) is 3.50. The molecule has 0 spiro atoms. The summed E-state index contributed by atoms with van der Waals surface area (Å²) in [6.45, 7) is 2.00. The van der Waals surface area contributed by atoms with Crippen LogP contribution in [0.15, 0.2) is 18.3 Å². The molecule has 0 aliphatic rings. The summed E-state index contributed by atoms with van der Waals surface area (Å²) in [5, 5.41) is -0.0321. The third-order valence-electron chi connectivity index (χ3n) is 2.44. The van der Waals surface area contributed by atoms with Crippen LogP contribution >= 0.6 is 35.4 Å². The number of imidazole rings is 1. The lowest BCUT2D eigenvalue weighted by molar-refractivity contribution is 0.628. The van der Waals surface area contributed by atoms with E-state index in [2.05, 4.69) is 4.98 Å². The number of rotatable bonds is 2. The minimum atomic E-state index is -0.614. The van der Waals surface area contributed by atoms with Gasteiger partial charge in [-0.3, -0.25) is 4.57 Å². The number of aromatic nitrogens is 2. The molecule has 0 fully saturated rings. The Morgan fingerprint density at radius 2 is 1.94 bits per heavy atom. The van der Waals surface area contributed by atoms with Crippen LogP contribution in [0, 0.1) is 10.6 Å². The van der Waals surface area contributed by atoms with Crippen molar-refractivity contribution in [3.05, 3.63) is 44.7 Å².